The second kappa shape index (κ2) is 4.74. The third-order valence-corrected chi connectivity index (χ3v) is 6.60. The summed E-state index contributed by atoms with van der Waals surface area (Å²) in [4.78, 5) is 0. The Labute approximate surface area is 117 Å². The molecule has 3 nitrogen and oxygen atoms in total. The highest BCUT2D eigenvalue weighted by Gasteiger charge is 2.54. The molecule has 0 aliphatic carbocycles. The van der Waals surface area contributed by atoms with Crippen LogP contribution >= 0.6 is 0 Å². The molecule has 0 saturated carbocycles. The van der Waals surface area contributed by atoms with Gasteiger partial charge in [-0.3, -0.25) is 0 Å². The Morgan fingerprint density at radius 3 is 1.89 bits per heavy atom. The normalized spacial score (nSPS) is 21.7. The number of benzene rings is 1. The van der Waals surface area contributed by atoms with E-state index in [0.29, 0.717) is 0 Å². The average Bonchev–Trinajstić information content (AvgIpc) is 2.47. The van der Waals surface area contributed by atoms with Gasteiger partial charge in [0.05, 0.1) is 11.2 Å². The number of rotatable bonds is 3. The van der Waals surface area contributed by atoms with Gasteiger partial charge < -0.3 is 13.7 Å². The smallest absolute Gasteiger partial charge is 0.424 e. The summed E-state index contributed by atoms with van der Waals surface area (Å²) in [7, 11) is -2.60. The molecule has 0 aromatic heterocycles. The highest BCUT2D eigenvalue weighted by atomic mass is 28.4. The van der Waals surface area contributed by atoms with E-state index < -0.39 is 15.6 Å². The van der Waals surface area contributed by atoms with Crippen molar-refractivity contribution in [2.24, 2.45) is 0 Å². The van der Waals surface area contributed by atoms with Crippen LogP contribution in [0.5, 0.6) is 0 Å². The fourth-order valence-electron chi connectivity index (χ4n) is 1.99. The molecule has 0 bridgehead atoms. The van der Waals surface area contributed by atoms with Crippen molar-refractivity contribution in [3.8, 4) is 0 Å². The molecule has 5 heteroatoms. The molecule has 0 unspecified atom stereocenters. The van der Waals surface area contributed by atoms with Crippen molar-refractivity contribution in [1.82, 2.24) is 0 Å². The van der Waals surface area contributed by atoms with E-state index in [1.54, 1.807) is 0 Å². The van der Waals surface area contributed by atoms with E-state index >= 15 is 0 Å². The molecule has 19 heavy (non-hydrogen) atoms. The quantitative estimate of drug-likeness (QED) is 0.796. The van der Waals surface area contributed by atoms with Crippen LogP contribution < -0.4 is 5.19 Å². The average molecular weight is 278 g/mol. The SMILES string of the molecule is CC1(C)OB(O[Si](C)(C)c2ccccc2)OC1(C)C. The van der Waals surface area contributed by atoms with Crippen LogP contribution in [-0.4, -0.2) is 26.8 Å². The molecule has 1 saturated heterocycles. The van der Waals surface area contributed by atoms with Crippen molar-refractivity contribution in [2.75, 3.05) is 0 Å². The predicted octanol–water partition coefficient (Wildman–Crippen LogP) is 2.70. The van der Waals surface area contributed by atoms with Gasteiger partial charge in [0.1, 0.15) is 0 Å². The molecule has 1 aromatic rings. The fraction of sp³-hybridized carbons (Fsp3) is 0.571. The molecule has 0 radical (unpaired) electrons. The van der Waals surface area contributed by atoms with Gasteiger partial charge in [-0.05, 0) is 46.0 Å². The van der Waals surface area contributed by atoms with E-state index in [1.165, 1.54) is 5.19 Å². The zero-order chi connectivity index (χ0) is 14.3. The molecule has 1 aromatic carbocycles. The minimum absolute atomic E-state index is 0.348. The first-order valence-corrected chi connectivity index (χ1v) is 9.64. The Bertz CT molecular complexity index is 429. The Balaban J connectivity index is 2.11. The lowest BCUT2D eigenvalue weighted by atomic mass is 9.90. The van der Waals surface area contributed by atoms with E-state index in [9.17, 15) is 0 Å². The van der Waals surface area contributed by atoms with Gasteiger partial charge in [-0.1, -0.05) is 30.3 Å². The van der Waals surface area contributed by atoms with Crippen LogP contribution in [0.15, 0.2) is 30.3 Å². The molecule has 0 N–H and O–H groups in total. The first-order chi connectivity index (χ1) is 8.64. The number of hydrogen-bond donors (Lipinski definition) is 0. The van der Waals surface area contributed by atoms with Crippen LogP contribution in [0.25, 0.3) is 0 Å². The third kappa shape index (κ3) is 2.94. The van der Waals surface area contributed by atoms with E-state index in [4.69, 9.17) is 13.7 Å². The van der Waals surface area contributed by atoms with E-state index in [2.05, 4.69) is 25.2 Å². The minimum atomic E-state index is -2.02. The molecular weight excluding hydrogens is 255 g/mol. The number of hydrogen-bond acceptors (Lipinski definition) is 3. The van der Waals surface area contributed by atoms with Crippen LogP contribution in [0.1, 0.15) is 27.7 Å². The summed E-state index contributed by atoms with van der Waals surface area (Å²) in [6.07, 6.45) is 0. The van der Waals surface area contributed by atoms with Gasteiger partial charge in [0.15, 0.2) is 0 Å². The fourth-order valence-corrected chi connectivity index (χ4v) is 3.69. The molecule has 0 spiro atoms. The molecule has 1 heterocycles. The minimum Gasteiger partial charge on any atom is -0.424 e. The largest absolute Gasteiger partial charge is 0.629 e. The molecule has 1 aliphatic heterocycles. The van der Waals surface area contributed by atoms with Crippen molar-refractivity contribution < 1.29 is 13.7 Å². The summed E-state index contributed by atoms with van der Waals surface area (Å²) in [6, 6.07) is 10.3. The van der Waals surface area contributed by atoms with Gasteiger partial charge in [-0.2, -0.15) is 0 Å². The molecule has 0 atom stereocenters. The summed E-state index contributed by atoms with van der Waals surface area (Å²) in [5.74, 6) is 0. The summed E-state index contributed by atoms with van der Waals surface area (Å²) in [6.45, 7) is 12.5. The van der Waals surface area contributed by atoms with E-state index in [-0.39, 0.29) is 11.2 Å². The zero-order valence-electron chi connectivity index (χ0n) is 12.7. The molecule has 2 rings (SSSR count). The van der Waals surface area contributed by atoms with Crippen LogP contribution in [0, 0.1) is 0 Å². The van der Waals surface area contributed by atoms with Crippen molar-refractivity contribution in [3.63, 3.8) is 0 Å². The van der Waals surface area contributed by atoms with Crippen molar-refractivity contribution in [3.05, 3.63) is 30.3 Å². The Hall–Kier alpha value is -0.618. The Kier molecular flexibility index (Phi) is 3.69. The predicted molar refractivity (Wildman–Crippen MR) is 80.7 cm³/mol. The van der Waals surface area contributed by atoms with E-state index in [1.807, 2.05) is 45.9 Å². The molecule has 1 fully saturated rings. The molecule has 0 amide bonds. The van der Waals surface area contributed by atoms with Gasteiger partial charge in [0, 0.05) is 0 Å². The van der Waals surface area contributed by atoms with Crippen LogP contribution in [0.4, 0.5) is 0 Å². The van der Waals surface area contributed by atoms with Gasteiger partial charge >= 0.3 is 7.32 Å². The maximum Gasteiger partial charge on any atom is 0.629 e. The lowest BCUT2D eigenvalue weighted by molar-refractivity contribution is 0.00578. The first kappa shape index (κ1) is 14.8. The maximum atomic E-state index is 6.15. The summed E-state index contributed by atoms with van der Waals surface area (Å²) in [5, 5.41) is 1.24. The maximum absolute atomic E-state index is 6.15. The van der Waals surface area contributed by atoms with Gasteiger partial charge in [0.25, 0.3) is 0 Å². The van der Waals surface area contributed by atoms with Gasteiger partial charge in [-0.25, -0.2) is 0 Å². The summed E-state index contributed by atoms with van der Waals surface area (Å²) < 4.78 is 18.0. The van der Waals surface area contributed by atoms with Crippen molar-refractivity contribution in [1.29, 1.82) is 0 Å². The van der Waals surface area contributed by atoms with Crippen molar-refractivity contribution >= 4 is 20.8 Å². The Morgan fingerprint density at radius 1 is 0.947 bits per heavy atom. The van der Waals surface area contributed by atoms with Gasteiger partial charge in [-0.15, -0.1) is 0 Å². The first-order valence-electron chi connectivity index (χ1n) is 6.73. The van der Waals surface area contributed by atoms with E-state index in [0.717, 1.165) is 0 Å². The highest BCUT2D eigenvalue weighted by Crippen LogP contribution is 2.37. The topological polar surface area (TPSA) is 27.7 Å². The monoisotopic (exact) mass is 278 g/mol. The molecule has 1 aliphatic rings. The second-order valence-corrected chi connectivity index (χ2v) is 10.4. The lowest BCUT2D eigenvalue weighted by Gasteiger charge is -2.31. The lowest BCUT2D eigenvalue weighted by Crippen LogP contribution is -2.49. The second-order valence-electron chi connectivity index (χ2n) is 6.54. The Morgan fingerprint density at radius 2 is 1.42 bits per heavy atom. The zero-order valence-corrected chi connectivity index (χ0v) is 13.7. The molecule has 104 valence electrons. The van der Waals surface area contributed by atoms with Crippen LogP contribution in [0.2, 0.25) is 13.1 Å². The third-order valence-electron chi connectivity index (χ3n) is 4.09. The summed E-state index contributed by atoms with van der Waals surface area (Å²) >= 11 is 0. The van der Waals surface area contributed by atoms with Crippen molar-refractivity contribution in [2.45, 2.75) is 52.0 Å². The van der Waals surface area contributed by atoms with Crippen LogP contribution in [-0.2, 0) is 13.7 Å². The standard InChI is InChI=1S/C14H23BO3Si/c1-13(2)14(3,4)17-15(16-13)18-19(5,6)12-10-8-7-9-11-12/h7-11H,1-6H3. The molecular formula is C14H23BO3Si. The highest BCUT2D eigenvalue weighted by molar-refractivity contribution is 6.87. The van der Waals surface area contributed by atoms with Gasteiger partial charge in [0.2, 0.25) is 8.32 Å². The summed E-state index contributed by atoms with van der Waals surface area (Å²) in [5.41, 5.74) is -0.697. The van der Waals surface area contributed by atoms with Crippen LogP contribution in [0.3, 0.4) is 0 Å².